The van der Waals surface area contributed by atoms with Gasteiger partial charge in [0.05, 0.1) is 36.0 Å². The Balaban J connectivity index is 1.47. The monoisotopic (exact) mass is 591 g/mol. The normalized spacial score (nSPS) is 29.2. The highest BCUT2D eigenvalue weighted by Crippen LogP contribution is 2.64. The number of nitrogens with one attached hydrogen (secondary N) is 1. The van der Waals surface area contributed by atoms with Crippen LogP contribution in [0.4, 0.5) is 5.69 Å². The molecule has 6 atom stereocenters. The van der Waals surface area contributed by atoms with Gasteiger partial charge in [-0.2, -0.15) is 5.01 Å². The van der Waals surface area contributed by atoms with Crippen molar-refractivity contribution in [2.75, 3.05) is 19.6 Å². The number of rotatable bonds is 5. The molecule has 0 aromatic heterocycles. The Morgan fingerprint density at radius 3 is 2.32 bits per heavy atom. The van der Waals surface area contributed by atoms with Crippen molar-refractivity contribution in [1.82, 2.24) is 9.91 Å². The van der Waals surface area contributed by atoms with E-state index >= 15 is 4.79 Å². The molecule has 1 saturated carbocycles. The largest absolute Gasteiger partial charge is 0.504 e. The lowest BCUT2D eigenvalue weighted by Crippen LogP contribution is -2.53. The number of aromatic hydroxyl groups is 1. The van der Waals surface area contributed by atoms with E-state index in [2.05, 4.69) is 5.43 Å². The maximum Gasteiger partial charge on any atom is 0.260 e. The van der Waals surface area contributed by atoms with Crippen LogP contribution in [0.3, 0.4) is 0 Å². The number of anilines is 1. The molecule has 9 heteroatoms. The van der Waals surface area contributed by atoms with Gasteiger partial charge in [-0.1, -0.05) is 65.7 Å². The van der Waals surface area contributed by atoms with E-state index in [4.69, 9.17) is 4.74 Å². The van der Waals surface area contributed by atoms with E-state index in [0.717, 1.165) is 16.1 Å². The summed E-state index contributed by atoms with van der Waals surface area (Å²) < 4.78 is 5.32. The molecule has 3 aromatic rings. The molecule has 2 N–H and O–H groups in total. The second-order valence-electron chi connectivity index (χ2n) is 12.3. The van der Waals surface area contributed by atoms with E-state index in [1.54, 1.807) is 12.1 Å². The molecule has 2 aliphatic heterocycles. The van der Waals surface area contributed by atoms with Gasteiger partial charge in [-0.25, -0.2) is 0 Å². The van der Waals surface area contributed by atoms with Gasteiger partial charge in [-0.3, -0.25) is 29.5 Å². The van der Waals surface area contributed by atoms with Crippen LogP contribution in [-0.4, -0.2) is 52.8 Å². The summed E-state index contributed by atoms with van der Waals surface area (Å²) in [4.78, 5) is 57.4. The van der Waals surface area contributed by atoms with Crippen molar-refractivity contribution in [2.45, 2.75) is 31.1 Å². The van der Waals surface area contributed by atoms with Crippen molar-refractivity contribution in [3.8, 4) is 11.5 Å². The molecular formula is C35H33N3O6. The van der Waals surface area contributed by atoms with Crippen molar-refractivity contribution < 1.29 is 29.0 Å². The number of methoxy groups -OCH3 is 1. The molecule has 2 heterocycles. The summed E-state index contributed by atoms with van der Waals surface area (Å²) in [5.74, 6) is -4.24. The number of hydrazine groups is 1. The number of amides is 4. The van der Waals surface area contributed by atoms with Gasteiger partial charge in [-0.05, 0) is 61.1 Å². The van der Waals surface area contributed by atoms with Gasteiger partial charge >= 0.3 is 0 Å². The van der Waals surface area contributed by atoms with Crippen molar-refractivity contribution >= 4 is 29.3 Å². The number of aryl methyl sites for hydroxylation is 1. The molecule has 7 rings (SSSR count). The van der Waals surface area contributed by atoms with Gasteiger partial charge in [0, 0.05) is 13.0 Å². The molecule has 2 saturated heterocycles. The predicted octanol–water partition coefficient (Wildman–Crippen LogP) is 4.32. The van der Waals surface area contributed by atoms with Crippen molar-refractivity contribution in [3.63, 3.8) is 0 Å². The van der Waals surface area contributed by atoms with Crippen LogP contribution in [0.2, 0.25) is 0 Å². The smallest absolute Gasteiger partial charge is 0.260 e. The number of benzene rings is 3. The molecule has 0 unspecified atom stereocenters. The quantitative estimate of drug-likeness (QED) is 0.335. The third-order valence-electron chi connectivity index (χ3n) is 10.1. The molecule has 2 aliphatic carbocycles. The number of carbonyl (C=O) groups is 4. The third-order valence-corrected chi connectivity index (χ3v) is 10.1. The third kappa shape index (κ3) is 3.77. The van der Waals surface area contributed by atoms with Crippen molar-refractivity contribution in [3.05, 3.63) is 101 Å². The highest BCUT2D eigenvalue weighted by molar-refractivity contribution is 6.13. The fourth-order valence-electron chi connectivity index (χ4n) is 8.17. The van der Waals surface area contributed by atoms with E-state index in [1.807, 2.05) is 73.7 Å². The fraction of sp³-hybridized carbons (Fsp3) is 0.314. The minimum Gasteiger partial charge on any atom is -0.504 e. The molecule has 4 amide bonds. The van der Waals surface area contributed by atoms with E-state index in [9.17, 15) is 19.5 Å². The topological polar surface area (TPSA) is 116 Å². The van der Waals surface area contributed by atoms with E-state index in [0.29, 0.717) is 23.2 Å². The SMILES string of the molecule is COc1ccc([C@H]2C3=CC[C@@H]4C(=O)N(C)C(=O)[C@@H]4[C@@H]3C[C@H]3C(=O)N(Nc4ccc(C)cc4)C(=O)[C@@]23c2ccccc2)cc1O. The van der Waals surface area contributed by atoms with Crippen LogP contribution >= 0.6 is 0 Å². The van der Waals surface area contributed by atoms with Crippen LogP contribution in [0.1, 0.15) is 35.4 Å². The first kappa shape index (κ1) is 27.9. The number of phenols is 1. The first-order chi connectivity index (χ1) is 21.2. The molecular weight excluding hydrogens is 558 g/mol. The molecule has 0 radical (unpaired) electrons. The Bertz CT molecular complexity index is 1730. The number of likely N-dealkylation sites (tertiary alicyclic amines) is 1. The summed E-state index contributed by atoms with van der Waals surface area (Å²) in [6.45, 7) is 1.96. The number of carbonyl (C=O) groups excluding carboxylic acids is 4. The Morgan fingerprint density at radius 2 is 1.64 bits per heavy atom. The Hall–Kier alpha value is -4.92. The lowest BCUT2D eigenvalue weighted by atomic mass is 9.49. The lowest BCUT2D eigenvalue weighted by molar-refractivity contribution is -0.140. The number of fused-ring (bicyclic) bond motifs is 4. The van der Waals surface area contributed by atoms with Gasteiger partial charge in [0.25, 0.3) is 11.8 Å². The molecule has 0 spiro atoms. The van der Waals surface area contributed by atoms with Gasteiger partial charge in [0.2, 0.25) is 11.8 Å². The molecule has 44 heavy (non-hydrogen) atoms. The van der Waals surface area contributed by atoms with Crippen LogP contribution in [-0.2, 0) is 24.6 Å². The van der Waals surface area contributed by atoms with Gasteiger partial charge in [0.1, 0.15) is 0 Å². The minimum atomic E-state index is -1.39. The van der Waals surface area contributed by atoms with Crippen LogP contribution in [0, 0.1) is 30.6 Å². The number of allylic oxidation sites excluding steroid dienone is 2. The molecule has 3 fully saturated rings. The first-order valence-electron chi connectivity index (χ1n) is 14.8. The van der Waals surface area contributed by atoms with E-state index in [1.165, 1.54) is 19.1 Å². The zero-order valence-corrected chi connectivity index (χ0v) is 24.7. The number of ether oxygens (including phenoxy) is 1. The van der Waals surface area contributed by atoms with Crippen molar-refractivity contribution in [2.24, 2.45) is 23.7 Å². The Morgan fingerprint density at radius 1 is 0.909 bits per heavy atom. The Kier molecular flexibility index (Phi) is 6.39. The molecule has 3 aromatic carbocycles. The highest BCUT2D eigenvalue weighted by Gasteiger charge is 2.70. The average molecular weight is 592 g/mol. The van der Waals surface area contributed by atoms with Gasteiger partial charge in [-0.15, -0.1) is 0 Å². The van der Waals surface area contributed by atoms with Crippen LogP contribution in [0.15, 0.2) is 84.4 Å². The maximum absolute atomic E-state index is 15.0. The number of phenolic OH excluding ortho intramolecular Hbond substituents is 1. The number of hydrogen-bond donors (Lipinski definition) is 2. The summed E-state index contributed by atoms with van der Waals surface area (Å²) in [5.41, 5.74) is 5.46. The average Bonchev–Trinajstić information content (AvgIpc) is 3.39. The number of nitrogens with zero attached hydrogens (tertiary/aromatic N) is 2. The zero-order chi connectivity index (χ0) is 30.9. The molecule has 4 aliphatic rings. The molecule has 0 bridgehead atoms. The highest BCUT2D eigenvalue weighted by atomic mass is 16.5. The lowest BCUT2D eigenvalue weighted by Gasteiger charge is -2.50. The maximum atomic E-state index is 15.0. The minimum absolute atomic E-state index is 0.0977. The summed E-state index contributed by atoms with van der Waals surface area (Å²) in [6, 6.07) is 21.8. The van der Waals surface area contributed by atoms with Gasteiger partial charge < -0.3 is 9.84 Å². The van der Waals surface area contributed by atoms with Crippen LogP contribution < -0.4 is 10.2 Å². The molecule has 9 nitrogen and oxygen atoms in total. The van der Waals surface area contributed by atoms with E-state index in [-0.39, 0.29) is 29.7 Å². The van der Waals surface area contributed by atoms with Crippen LogP contribution in [0.5, 0.6) is 11.5 Å². The van der Waals surface area contributed by atoms with Gasteiger partial charge in [0.15, 0.2) is 11.5 Å². The summed E-state index contributed by atoms with van der Waals surface area (Å²) >= 11 is 0. The fourth-order valence-corrected chi connectivity index (χ4v) is 8.17. The Labute approximate surface area is 255 Å². The van der Waals surface area contributed by atoms with Crippen LogP contribution in [0.25, 0.3) is 0 Å². The first-order valence-corrected chi connectivity index (χ1v) is 14.8. The number of imide groups is 2. The second-order valence-corrected chi connectivity index (χ2v) is 12.3. The number of hydrogen-bond acceptors (Lipinski definition) is 7. The van der Waals surface area contributed by atoms with Crippen molar-refractivity contribution in [1.29, 1.82) is 0 Å². The summed E-state index contributed by atoms with van der Waals surface area (Å²) in [5, 5.41) is 12.1. The molecule has 224 valence electrons. The second kappa shape index (κ2) is 10.1. The predicted molar refractivity (Wildman–Crippen MR) is 161 cm³/mol. The zero-order valence-electron chi connectivity index (χ0n) is 24.7. The summed E-state index contributed by atoms with van der Waals surface area (Å²) in [6.07, 6.45) is 2.58. The summed E-state index contributed by atoms with van der Waals surface area (Å²) in [7, 11) is 2.97. The van der Waals surface area contributed by atoms with E-state index < -0.39 is 46.8 Å². The standard InChI is InChI=1S/C35H33N3O6/c1-19-9-12-22(13-10-19)36-38-32(41)26-18-25-23(14-15-24-29(25)33(42)37(2)31(24)40)30(20-11-16-28(44-3)27(39)17-20)35(26,34(38)43)21-7-5-4-6-8-21/h4-14,16-17,24-26,29-30,36,39H,15,18H2,1-3H3/t24-,25+,26-,29-,30-,35+/m0/s1.